The van der Waals surface area contributed by atoms with E-state index in [2.05, 4.69) is 16.8 Å². The van der Waals surface area contributed by atoms with E-state index in [1.54, 1.807) is 19.1 Å². The van der Waals surface area contributed by atoms with Gasteiger partial charge in [0.05, 0.1) is 26.5 Å². The van der Waals surface area contributed by atoms with E-state index in [4.69, 9.17) is 9.47 Å². The SMILES string of the molecule is C=CCN1c2cc(OC)c(OC)cc2C(C)=C(C(=O)NC2CCN(C)CC2)S1(=O)=O. The van der Waals surface area contributed by atoms with Crippen LogP contribution < -0.4 is 19.1 Å². The van der Waals surface area contributed by atoms with Crippen molar-refractivity contribution in [2.24, 2.45) is 0 Å². The Morgan fingerprint density at radius 3 is 2.40 bits per heavy atom. The highest BCUT2D eigenvalue weighted by atomic mass is 32.2. The van der Waals surface area contributed by atoms with Gasteiger partial charge in [0.25, 0.3) is 15.9 Å². The van der Waals surface area contributed by atoms with Gasteiger partial charge in [0, 0.05) is 17.7 Å². The summed E-state index contributed by atoms with van der Waals surface area (Å²) >= 11 is 0. The fraction of sp³-hybridized carbons (Fsp3) is 0.476. The van der Waals surface area contributed by atoms with Gasteiger partial charge in [-0.25, -0.2) is 8.42 Å². The first-order valence-electron chi connectivity index (χ1n) is 9.84. The van der Waals surface area contributed by atoms with Gasteiger partial charge < -0.3 is 19.7 Å². The van der Waals surface area contributed by atoms with Crippen LogP contribution in [-0.2, 0) is 14.8 Å². The molecule has 3 rings (SSSR count). The normalized spacial score (nSPS) is 19.3. The molecule has 0 unspecified atom stereocenters. The number of likely N-dealkylation sites (tertiary alicyclic amines) is 1. The third-order valence-corrected chi connectivity index (χ3v) is 7.55. The molecule has 30 heavy (non-hydrogen) atoms. The van der Waals surface area contributed by atoms with Gasteiger partial charge in [-0.1, -0.05) is 6.08 Å². The maximum atomic E-state index is 13.4. The molecule has 1 aromatic carbocycles. The van der Waals surface area contributed by atoms with Crippen molar-refractivity contribution in [1.82, 2.24) is 10.2 Å². The van der Waals surface area contributed by atoms with E-state index in [-0.39, 0.29) is 17.5 Å². The number of methoxy groups -OCH3 is 2. The number of benzene rings is 1. The van der Waals surface area contributed by atoms with Crippen LogP contribution in [0.25, 0.3) is 5.57 Å². The molecule has 0 atom stereocenters. The van der Waals surface area contributed by atoms with Crippen LogP contribution in [0.2, 0.25) is 0 Å². The van der Waals surface area contributed by atoms with Crippen LogP contribution >= 0.6 is 0 Å². The number of hydrogen-bond acceptors (Lipinski definition) is 6. The number of sulfonamides is 1. The molecule has 0 bridgehead atoms. The summed E-state index contributed by atoms with van der Waals surface area (Å²) in [7, 11) is 0.959. The number of piperidine rings is 1. The molecule has 1 saturated heterocycles. The number of carbonyl (C=O) groups is 1. The second-order valence-electron chi connectivity index (χ2n) is 7.55. The van der Waals surface area contributed by atoms with Crippen molar-refractivity contribution in [3.63, 3.8) is 0 Å². The summed E-state index contributed by atoms with van der Waals surface area (Å²) in [6.45, 7) is 7.08. The van der Waals surface area contributed by atoms with E-state index in [9.17, 15) is 13.2 Å². The van der Waals surface area contributed by atoms with Gasteiger partial charge in [-0.2, -0.15) is 0 Å². The standard InChI is InChI=1S/C21H29N3O5S/c1-6-9-24-17-13-19(29-5)18(28-4)12-16(17)14(2)20(30(24,26)27)21(25)22-15-7-10-23(3)11-8-15/h6,12-13,15H,1,7-11H2,2-5H3,(H,22,25). The maximum absolute atomic E-state index is 13.4. The third-order valence-electron chi connectivity index (χ3n) is 5.62. The van der Waals surface area contributed by atoms with Crippen molar-refractivity contribution in [2.45, 2.75) is 25.8 Å². The Morgan fingerprint density at radius 1 is 1.23 bits per heavy atom. The average Bonchev–Trinajstić information content (AvgIpc) is 2.71. The van der Waals surface area contributed by atoms with E-state index in [1.165, 1.54) is 24.6 Å². The van der Waals surface area contributed by atoms with Crippen LogP contribution in [-0.4, -0.2) is 66.2 Å². The molecule has 1 aromatic rings. The van der Waals surface area contributed by atoms with E-state index >= 15 is 0 Å². The number of carbonyl (C=O) groups excluding carboxylic acids is 1. The molecule has 0 radical (unpaired) electrons. The molecule has 2 heterocycles. The summed E-state index contributed by atoms with van der Waals surface area (Å²) in [6.07, 6.45) is 3.06. The largest absolute Gasteiger partial charge is 0.493 e. The first kappa shape index (κ1) is 22.2. The van der Waals surface area contributed by atoms with Gasteiger partial charge >= 0.3 is 0 Å². The molecule has 0 aromatic heterocycles. The van der Waals surface area contributed by atoms with Crippen molar-refractivity contribution in [2.75, 3.05) is 45.2 Å². The van der Waals surface area contributed by atoms with E-state index < -0.39 is 15.9 Å². The summed E-state index contributed by atoms with van der Waals surface area (Å²) in [6, 6.07) is 3.27. The number of allylic oxidation sites excluding steroid dienone is 1. The van der Waals surface area contributed by atoms with Gasteiger partial charge in [-0.05, 0) is 51.5 Å². The molecule has 164 valence electrons. The minimum Gasteiger partial charge on any atom is -0.493 e. The smallest absolute Gasteiger partial charge is 0.270 e. The minimum atomic E-state index is -4.07. The molecule has 2 aliphatic heterocycles. The Labute approximate surface area is 178 Å². The molecule has 0 aliphatic carbocycles. The lowest BCUT2D eigenvalue weighted by Crippen LogP contribution is -2.47. The minimum absolute atomic E-state index is 0.0309. The zero-order chi connectivity index (χ0) is 22.1. The number of anilines is 1. The van der Waals surface area contributed by atoms with Crippen molar-refractivity contribution >= 4 is 27.2 Å². The fourth-order valence-corrected chi connectivity index (χ4v) is 5.66. The van der Waals surface area contributed by atoms with E-state index in [0.717, 1.165) is 25.9 Å². The summed E-state index contributed by atoms with van der Waals surface area (Å²) in [5, 5.41) is 2.93. The average molecular weight is 436 g/mol. The first-order valence-corrected chi connectivity index (χ1v) is 11.3. The molecular formula is C21H29N3O5S. The Kier molecular flexibility index (Phi) is 6.42. The molecule has 0 spiro atoms. The lowest BCUT2D eigenvalue weighted by Gasteiger charge is -2.34. The topological polar surface area (TPSA) is 88.2 Å². The Hall–Kier alpha value is -2.52. The Balaban J connectivity index is 2.09. The monoisotopic (exact) mass is 435 g/mol. The lowest BCUT2D eigenvalue weighted by molar-refractivity contribution is -0.117. The molecule has 8 nitrogen and oxygen atoms in total. The number of amides is 1. The number of rotatable bonds is 6. The van der Waals surface area contributed by atoms with Gasteiger partial charge in [0.2, 0.25) is 0 Å². The Morgan fingerprint density at radius 2 is 1.83 bits per heavy atom. The van der Waals surface area contributed by atoms with Crippen LogP contribution in [0.1, 0.15) is 25.3 Å². The number of fused-ring (bicyclic) bond motifs is 1. The van der Waals surface area contributed by atoms with E-state index in [1.807, 2.05) is 7.05 Å². The molecule has 2 aliphatic rings. The van der Waals surface area contributed by atoms with Crippen LogP contribution in [0.4, 0.5) is 5.69 Å². The molecule has 0 saturated carbocycles. The highest BCUT2D eigenvalue weighted by molar-refractivity contribution is 7.97. The predicted molar refractivity (Wildman–Crippen MR) is 117 cm³/mol. The van der Waals surface area contributed by atoms with E-state index in [0.29, 0.717) is 28.3 Å². The van der Waals surface area contributed by atoms with Gasteiger partial charge in [-0.15, -0.1) is 6.58 Å². The zero-order valence-corrected chi connectivity index (χ0v) is 18.7. The fourth-order valence-electron chi connectivity index (χ4n) is 3.94. The summed E-state index contributed by atoms with van der Waals surface area (Å²) in [5.74, 6) is 0.299. The Bertz CT molecular complexity index is 979. The van der Waals surface area contributed by atoms with Crippen LogP contribution in [0.15, 0.2) is 29.7 Å². The van der Waals surface area contributed by atoms with Crippen LogP contribution in [0, 0.1) is 0 Å². The number of nitrogens with zero attached hydrogens (tertiary/aromatic N) is 2. The van der Waals surface area contributed by atoms with Gasteiger partial charge in [0.1, 0.15) is 0 Å². The predicted octanol–water partition coefficient (Wildman–Crippen LogP) is 1.98. The second-order valence-corrected chi connectivity index (χ2v) is 9.35. The second kappa shape index (κ2) is 8.69. The molecule has 1 amide bonds. The maximum Gasteiger partial charge on any atom is 0.270 e. The highest BCUT2D eigenvalue weighted by Crippen LogP contribution is 2.44. The lowest BCUT2D eigenvalue weighted by atomic mass is 10.0. The van der Waals surface area contributed by atoms with Crippen LogP contribution in [0.3, 0.4) is 0 Å². The summed E-state index contributed by atoms with van der Waals surface area (Å²) < 4.78 is 38.8. The third kappa shape index (κ3) is 3.91. The molecule has 1 N–H and O–H groups in total. The molecule has 1 fully saturated rings. The number of ether oxygens (including phenoxy) is 2. The number of nitrogens with one attached hydrogen (secondary N) is 1. The molecular weight excluding hydrogens is 406 g/mol. The van der Waals surface area contributed by atoms with Crippen molar-refractivity contribution in [1.29, 1.82) is 0 Å². The van der Waals surface area contributed by atoms with Crippen molar-refractivity contribution in [3.05, 3.63) is 35.3 Å². The molecule has 9 heteroatoms. The summed E-state index contributed by atoms with van der Waals surface area (Å²) in [4.78, 5) is 15.1. The first-order chi connectivity index (χ1) is 14.2. The van der Waals surface area contributed by atoms with Crippen molar-refractivity contribution in [3.8, 4) is 11.5 Å². The zero-order valence-electron chi connectivity index (χ0n) is 17.9. The van der Waals surface area contributed by atoms with Gasteiger partial charge in [-0.3, -0.25) is 9.10 Å². The van der Waals surface area contributed by atoms with Gasteiger partial charge in [0.15, 0.2) is 16.4 Å². The van der Waals surface area contributed by atoms with Crippen LogP contribution in [0.5, 0.6) is 11.5 Å². The quantitative estimate of drug-likeness (QED) is 0.688. The van der Waals surface area contributed by atoms with Crippen molar-refractivity contribution < 1.29 is 22.7 Å². The summed E-state index contributed by atoms with van der Waals surface area (Å²) in [5.41, 5.74) is 1.43. The number of hydrogen-bond donors (Lipinski definition) is 1. The highest BCUT2D eigenvalue weighted by Gasteiger charge is 2.40.